The van der Waals surface area contributed by atoms with Gasteiger partial charge in [-0.25, -0.2) is 19.9 Å². The van der Waals surface area contributed by atoms with Crippen LogP contribution in [0.3, 0.4) is 0 Å². The summed E-state index contributed by atoms with van der Waals surface area (Å²) >= 11 is 1.50. The number of rotatable bonds is 7. The van der Waals surface area contributed by atoms with E-state index in [1.54, 1.807) is 6.20 Å². The number of unbranched alkanes of at least 4 members (excludes halogenated alkanes) is 2. The summed E-state index contributed by atoms with van der Waals surface area (Å²) in [5.74, 6) is 3.00. The first-order valence-corrected chi connectivity index (χ1v) is 11.5. The number of nitrogen functional groups attached to an aromatic ring is 1. The number of imidazole rings is 1. The fraction of sp³-hybridized carbons (Fsp3) is 0.364. The molecule has 1 aromatic carbocycles. The molecule has 0 fully saturated rings. The minimum atomic E-state index is 0.372. The van der Waals surface area contributed by atoms with E-state index in [1.165, 1.54) is 18.1 Å². The van der Waals surface area contributed by atoms with Crippen molar-refractivity contribution >= 4 is 28.7 Å². The summed E-state index contributed by atoms with van der Waals surface area (Å²) in [4.78, 5) is 18.7. The van der Waals surface area contributed by atoms with E-state index >= 15 is 0 Å². The lowest BCUT2D eigenvalue weighted by Gasteiger charge is -2.20. The molecule has 0 unspecified atom stereocenters. The standard InChI is InChI=1S/C22H24N6O3S/c1-3-4-5-6-28-20-18(19(23)25-12-26-20)27-22(28)32-17-10-16-15(29-7-8-30-16)9-14(17)21-24-11-13(2)31-21/h9-12H,3-8H2,1-2H3,(H2,23,25,26). The topological polar surface area (TPSA) is 114 Å². The number of nitrogens with two attached hydrogens (primary N) is 1. The fourth-order valence-electron chi connectivity index (χ4n) is 3.63. The van der Waals surface area contributed by atoms with Crippen LogP contribution < -0.4 is 15.2 Å². The Labute approximate surface area is 189 Å². The van der Waals surface area contributed by atoms with Crippen molar-refractivity contribution in [3.63, 3.8) is 0 Å². The number of hydrogen-bond donors (Lipinski definition) is 1. The first-order valence-electron chi connectivity index (χ1n) is 10.6. The van der Waals surface area contributed by atoms with Crippen LogP contribution in [0.5, 0.6) is 11.5 Å². The molecule has 166 valence electrons. The highest BCUT2D eigenvalue weighted by molar-refractivity contribution is 7.99. The number of nitrogens with zero attached hydrogens (tertiary/aromatic N) is 5. The molecular weight excluding hydrogens is 428 g/mol. The molecule has 0 atom stereocenters. The van der Waals surface area contributed by atoms with E-state index in [-0.39, 0.29) is 0 Å². The van der Waals surface area contributed by atoms with Crippen LogP contribution in [0.15, 0.2) is 39.1 Å². The molecule has 5 rings (SSSR count). The molecule has 10 heteroatoms. The van der Waals surface area contributed by atoms with Gasteiger partial charge in [-0.15, -0.1) is 0 Å². The zero-order chi connectivity index (χ0) is 22.1. The third-order valence-electron chi connectivity index (χ3n) is 5.21. The summed E-state index contributed by atoms with van der Waals surface area (Å²) < 4.78 is 19.6. The lowest BCUT2D eigenvalue weighted by Crippen LogP contribution is -2.15. The predicted octanol–water partition coefficient (Wildman–Crippen LogP) is 4.48. The van der Waals surface area contributed by atoms with E-state index in [4.69, 9.17) is 24.6 Å². The minimum Gasteiger partial charge on any atom is -0.486 e. The Balaban J connectivity index is 1.61. The number of oxazole rings is 1. The van der Waals surface area contributed by atoms with Crippen LogP contribution in [0, 0.1) is 6.92 Å². The third-order valence-corrected chi connectivity index (χ3v) is 6.26. The van der Waals surface area contributed by atoms with Gasteiger partial charge in [0.1, 0.15) is 25.3 Å². The molecule has 1 aliphatic heterocycles. The predicted molar refractivity (Wildman–Crippen MR) is 121 cm³/mol. The molecular formula is C22H24N6O3S. The number of aromatic nitrogens is 5. The highest BCUT2D eigenvalue weighted by Gasteiger charge is 2.23. The smallest absolute Gasteiger partial charge is 0.227 e. The van der Waals surface area contributed by atoms with Crippen LogP contribution in [-0.4, -0.2) is 37.7 Å². The van der Waals surface area contributed by atoms with E-state index in [9.17, 15) is 0 Å². The van der Waals surface area contributed by atoms with Crippen molar-refractivity contribution < 1.29 is 13.9 Å². The van der Waals surface area contributed by atoms with E-state index in [0.29, 0.717) is 41.9 Å². The van der Waals surface area contributed by atoms with Crippen LogP contribution in [0.4, 0.5) is 5.82 Å². The maximum atomic E-state index is 6.10. The molecule has 0 spiro atoms. The minimum absolute atomic E-state index is 0.372. The number of ether oxygens (including phenoxy) is 2. The van der Waals surface area contributed by atoms with Crippen LogP contribution in [0.2, 0.25) is 0 Å². The average Bonchev–Trinajstić information content (AvgIpc) is 3.38. The van der Waals surface area contributed by atoms with Crippen LogP contribution in [0.25, 0.3) is 22.6 Å². The number of fused-ring (bicyclic) bond motifs is 2. The average molecular weight is 453 g/mol. The molecule has 0 saturated carbocycles. The lowest BCUT2D eigenvalue weighted by atomic mass is 10.2. The second kappa shape index (κ2) is 8.70. The van der Waals surface area contributed by atoms with Crippen molar-refractivity contribution in [1.82, 2.24) is 24.5 Å². The molecule has 0 amide bonds. The largest absolute Gasteiger partial charge is 0.486 e. The van der Waals surface area contributed by atoms with Gasteiger partial charge in [-0.3, -0.25) is 0 Å². The Bertz CT molecular complexity index is 1270. The number of aryl methyl sites for hydroxylation is 2. The van der Waals surface area contributed by atoms with E-state index in [2.05, 4.69) is 26.4 Å². The summed E-state index contributed by atoms with van der Waals surface area (Å²) in [6.45, 7) is 5.86. The second-order valence-corrected chi connectivity index (χ2v) is 8.56. The normalized spacial score (nSPS) is 13.1. The molecule has 4 heterocycles. The van der Waals surface area contributed by atoms with Gasteiger partial charge in [0.25, 0.3) is 0 Å². The Hall–Kier alpha value is -3.27. The van der Waals surface area contributed by atoms with Gasteiger partial charge in [-0.2, -0.15) is 0 Å². The zero-order valence-electron chi connectivity index (χ0n) is 18.0. The van der Waals surface area contributed by atoms with Gasteiger partial charge >= 0.3 is 0 Å². The maximum Gasteiger partial charge on any atom is 0.227 e. The van der Waals surface area contributed by atoms with E-state index < -0.39 is 0 Å². The van der Waals surface area contributed by atoms with E-state index in [0.717, 1.165) is 52.8 Å². The molecule has 9 nitrogen and oxygen atoms in total. The van der Waals surface area contributed by atoms with Crippen molar-refractivity contribution in [2.24, 2.45) is 0 Å². The summed E-state index contributed by atoms with van der Waals surface area (Å²) in [6, 6.07) is 3.87. The number of hydrogen-bond acceptors (Lipinski definition) is 9. The van der Waals surface area contributed by atoms with Crippen molar-refractivity contribution in [3.05, 3.63) is 30.4 Å². The first-order chi connectivity index (χ1) is 15.6. The molecule has 32 heavy (non-hydrogen) atoms. The molecule has 0 radical (unpaired) electrons. The summed E-state index contributed by atoms with van der Waals surface area (Å²) in [5, 5.41) is 0.782. The Morgan fingerprint density at radius 2 is 1.91 bits per heavy atom. The molecule has 0 aliphatic carbocycles. The van der Waals surface area contributed by atoms with Gasteiger partial charge in [0.2, 0.25) is 5.89 Å². The summed E-state index contributed by atoms with van der Waals surface area (Å²) in [7, 11) is 0. The first kappa shape index (κ1) is 20.6. The SMILES string of the molecule is CCCCCn1c(Sc2cc3c(cc2-c2ncc(C)o2)OCCO3)nc2c(N)ncnc21. The Morgan fingerprint density at radius 3 is 2.66 bits per heavy atom. The van der Waals surface area contributed by atoms with E-state index in [1.807, 2.05) is 19.1 Å². The Kier molecular flexibility index (Phi) is 5.60. The monoisotopic (exact) mass is 452 g/mol. The van der Waals surface area contributed by atoms with Crippen LogP contribution in [0.1, 0.15) is 31.9 Å². The van der Waals surface area contributed by atoms with Gasteiger partial charge in [0, 0.05) is 11.4 Å². The molecule has 2 N–H and O–H groups in total. The summed E-state index contributed by atoms with van der Waals surface area (Å²) in [6.07, 6.45) is 6.45. The molecule has 1 aliphatic rings. The molecule has 0 saturated heterocycles. The van der Waals surface area contributed by atoms with Crippen molar-refractivity contribution in [2.45, 2.75) is 49.7 Å². The molecule has 4 aromatic rings. The quantitative estimate of drug-likeness (QED) is 0.405. The number of anilines is 1. The maximum absolute atomic E-state index is 6.10. The molecule has 0 bridgehead atoms. The second-order valence-electron chi connectivity index (χ2n) is 7.55. The van der Waals surface area contributed by atoms with Crippen molar-refractivity contribution in [1.29, 1.82) is 0 Å². The van der Waals surface area contributed by atoms with Crippen LogP contribution in [-0.2, 0) is 6.54 Å². The van der Waals surface area contributed by atoms with Crippen molar-refractivity contribution in [2.75, 3.05) is 18.9 Å². The lowest BCUT2D eigenvalue weighted by molar-refractivity contribution is 0.171. The summed E-state index contributed by atoms with van der Waals surface area (Å²) in [5.41, 5.74) is 8.27. The number of benzene rings is 1. The van der Waals surface area contributed by atoms with Crippen LogP contribution >= 0.6 is 11.8 Å². The van der Waals surface area contributed by atoms with Gasteiger partial charge in [0.15, 0.2) is 33.6 Å². The van der Waals surface area contributed by atoms with Gasteiger partial charge in [-0.1, -0.05) is 31.5 Å². The third kappa shape index (κ3) is 3.86. The molecule has 3 aromatic heterocycles. The fourth-order valence-corrected chi connectivity index (χ4v) is 4.68. The van der Waals surface area contributed by atoms with Gasteiger partial charge in [0.05, 0.1) is 11.8 Å². The van der Waals surface area contributed by atoms with Gasteiger partial charge in [-0.05, 0) is 25.5 Å². The highest BCUT2D eigenvalue weighted by atomic mass is 32.2. The van der Waals surface area contributed by atoms with Gasteiger partial charge < -0.3 is 24.2 Å². The Morgan fingerprint density at radius 1 is 1.09 bits per heavy atom. The highest BCUT2D eigenvalue weighted by Crippen LogP contribution is 2.44. The zero-order valence-corrected chi connectivity index (χ0v) is 18.8. The van der Waals surface area contributed by atoms with Crippen molar-refractivity contribution in [3.8, 4) is 23.0 Å².